The number of rotatable bonds is 4. The number of para-hydroxylation sites is 1. The SMILES string of the molecule is CN1c2ccccc2[C@H]2C[C@@H](NC(=O)Cc3cccs3)CCN2c2ccc([N+](=O)[O-])cc21. The highest BCUT2D eigenvalue weighted by Crippen LogP contribution is 2.48. The van der Waals surface area contributed by atoms with Gasteiger partial charge in [0.25, 0.3) is 5.69 Å². The summed E-state index contributed by atoms with van der Waals surface area (Å²) in [4.78, 5) is 29.1. The fraction of sp³-hybridized carbons (Fsp3) is 0.292. The predicted octanol–water partition coefficient (Wildman–Crippen LogP) is 4.81. The van der Waals surface area contributed by atoms with Crippen LogP contribution in [-0.2, 0) is 11.2 Å². The summed E-state index contributed by atoms with van der Waals surface area (Å²) in [5.41, 5.74) is 4.11. The number of hydrogen-bond donors (Lipinski definition) is 1. The van der Waals surface area contributed by atoms with Gasteiger partial charge < -0.3 is 15.1 Å². The van der Waals surface area contributed by atoms with Gasteiger partial charge in [0.05, 0.1) is 28.8 Å². The van der Waals surface area contributed by atoms with Gasteiger partial charge in [0.15, 0.2) is 0 Å². The fourth-order valence-corrected chi connectivity index (χ4v) is 5.57. The molecule has 2 aliphatic rings. The number of piperidine rings is 1. The van der Waals surface area contributed by atoms with Crippen LogP contribution in [-0.4, -0.2) is 30.5 Å². The van der Waals surface area contributed by atoms with E-state index in [0.717, 1.165) is 41.3 Å². The lowest BCUT2D eigenvalue weighted by Gasteiger charge is -2.41. The maximum absolute atomic E-state index is 12.6. The van der Waals surface area contributed by atoms with Crippen molar-refractivity contribution in [3.63, 3.8) is 0 Å². The van der Waals surface area contributed by atoms with Gasteiger partial charge in [0.2, 0.25) is 5.91 Å². The third-order valence-corrected chi connectivity index (χ3v) is 7.26. The first-order valence-corrected chi connectivity index (χ1v) is 11.6. The molecule has 5 rings (SSSR count). The molecule has 2 atom stereocenters. The summed E-state index contributed by atoms with van der Waals surface area (Å²) < 4.78 is 0. The number of hydrogen-bond acceptors (Lipinski definition) is 6. The van der Waals surface area contributed by atoms with Crippen molar-refractivity contribution in [3.05, 3.63) is 80.5 Å². The Balaban J connectivity index is 1.46. The molecule has 0 radical (unpaired) electrons. The second-order valence-corrected chi connectivity index (χ2v) is 9.33. The van der Waals surface area contributed by atoms with Crippen LogP contribution in [0, 0.1) is 10.1 Å². The molecule has 0 unspecified atom stereocenters. The first-order valence-electron chi connectivity index (χ1n) is 10.7. The average molecular weight is 449 g/mol. The van der Waals surface area contributed by atoms with Crippen molar-refractivity contribution < 1.29 is 9.72 Å². The molecule has 2 aliphatic heterocycles. The van der Waals surface area contributed by atoms with E-state index in [1.165, 1.54) is 5.56 Å². The number of amides is 1. The van der Waals surface area contributed by atoms with Crippen molar-refractivity contribution in [3.8, 4) is 0 Å². The number of carbonyl (C=O) groups is 1. The normalized spacial score (nSPS) is 19.4. The van der Waals surface area contributed by atoms with Crippen molar-refractivity contribution in [1.29, 1.82) is 0 Å². The van der Waals surface area contributed by atoms with Crippen LogP contribution in [0.25, 0.3) is 0 Å². The minimum absolute atomic E-state index is 0.0564. The zero-order valence-electron chi connectivity index (χ0n) is 17.7. The van der Waals surface area contributed by atoms with Gasteiger partial charge in [-0.2, -0.15) is 0 Å². The van der Waals surface area contributed by atoms with Gasteiger partial charge in [-0.25, -0.2) is 0 Å². The quantitative estimate of drug-likeness (QED) is 0.458. The third-order valence-electron chi connectivity index (χ3n) is 6.38. The Labute approximate surface area is 190 Å². The van der Waals surface area contributed by atoms with E-state index in [0.29, 0.717) is 6.42 Å². The summed E-state index contributed by atoms with van der Waals surface area (Å²) in [5.74, 6) is 0.0564. The van der Waals surface area contributed by atoms with Gasteiger partial charge >= 0.3 is 0 Å². The van der Waals surface area contributed by atoms with Crippen molar-refractivity contribution in [1.82, 2.24) is 5.32 Å². The molecule has 1 N–H and O–H groups in total. The van der Waals surface area contributed by atoms with Gasteiger partial charge in [0, 0.05) is 42.3 Å². The van der Waals surface area contributed by atoms with Crippen LogP contribution in [0.5, 0.6) is 0 Å². The molecular weight excluding hydrogens is 424 g/mol. The Kier molecular flexibility index (Phi) is 5.30. The van der Waals surface area contributed by atoms with Crippen LogP contribution >= 0.6 is 11.3 Å². The Morgan fingerprint density at radius 2 is 2.00 bits per heavy atom. The molecule has 7 nitrogen and oxygen atoms in total. The minimum atomic E-state index is -0.349. The van der Waals surface area contributed by atoms with Gasteiger partial charge in [-0.3, -0.25) is 14.9 Å². The molecule has 1 fully saturated rings. The lowest BCUT2D eigenvalue weighted by atomic mass is 9.90. The number of nitro groups is 1. The summed E-state index contributed by atoms with van der Waals surface area (Å²) in [7, 11) is 1.96. The molecule has 0 spiro atoms. The van der Waals surface area contributed by atoms with Gasteiger partial charge in [-0.05, 0) is 42.0 Å². The van der Waals surface area contributed by atoms with E-state index in [1.807, 2.05) is 47.7 Å². The maximum Gasteiger partial charge on any atom is 0.271 e. The summed E-state index contributed by atoms with van der Waals surface area (Å²) >= 11 is 1.60. The minimum Gasteiger partial charge on any atom is -0.363 e. The largest absolute Gasteiger partial charge is 0.363 e. The lowest BCUT2D eigenvalue weighted by Crippen LogP contribution is -2.46. The maximum atomic E-state index is 12.6. The topological polar surface area (TPSA) is 78.7 Å². The molecule has 1 amide bonds. The highest BCUT2D eigenvalue weighted by Gasteiger charge is 2.36. The van der Waals surface area contributed by atoms with Gasteiger partial charge in [-0.15, -0.1) is 11.3 Å². The lowest BCUT2D eigenvalue weighted by molar-refractivity contribution is -0.384. The Bertz CT molecular complexity index is 1160. The van der Waals surface area contributed by atoms with Crippen molar-refractivity contribution in [2.24, 2.45) is 0 Å². The first-order chi connectivity index (χ1) is 15.5. The molecule has 8 heteroatoms. The van der Waals surface area contributed by atoms with E-state index in [-0.39, 0.29) is 28.6 Å². The van der Waals surface area contributed by atoms with Crippen molar-refractivity contribution in [2.75, 3.05) is 23.4 Å². The van der Waals surface area contributed by atoms with E-state index in [1.54, 1.807) is 23.5 Å². The number of nitrogens with zero attached hydrogens (tertiary/aromatic N) is 3. The Hall–Kier alpha value is -3.39. The monoisotopic (exact) mass is 448 g/mol. The van der Waals surface area contributed by atoms with E-state index in [4.69, 9.17) is 0 Å². The van der Waals surface area contributed by atoms with Crippen LogP contribution in [0.4, 0.5) is 22.7 Å². The molecule has 32 heavy (non-hydrogen) atoms. The van der Waals surface area contributed by atoms with Crippen molar-refractivity contribution in [2.45, 2.75) is 31.3 Å². The van der Waals surface area contributed by atoms with Crippen LogP contribution in [0.2, 0.25) is 0 Å². The highest BCUT2D eigenvalue weighted by molar-refractivity contribution is 7.10. The number of anilines is 3. The van der Waals surface area contributed by atoms with Crippen LogP contribution in [0.15, 0.2) is 60.0 Å². The summed E-state index contributed by atoms with van der Waals surface area (Å²) in [5, 5.41) is 16.6. The molecule has 0 bridgehead atoms. The summed E-state index contributed by atoms with van der Waals surface area (Å²) in [6, 6.07) is 17.4. The summed E-state index contributed by atoms with van der Waals surface area (Å²) in [6.07, 6.45) is 2.03. The first kappa shape index (κ1) is 20.5. The number of thiophene rings is 1. The molecule has 3 heterocycles. The second kappa shape index (κ2) is 8.27. The zero-order chi connectivity index (χ0) is 22.2. The van der Waals surface area contributed by atoms with Crippen LogP contribution in [0.3, 0.4) is 0 Å². The van der Waals surface area contributed by atoms with Crippen LogP contribution in [0.1, 0.15) is 29.3 Å². The second-order valence-electron chi connectivity index (χ2n) is 8.30. The van der Waals surface area contributed by atoms with E-state index >= 15 is 0 Å². The molecule has 1 saturated heterocycles. The van der Waals surface area contributed by atoms with E-state index in [2.05, 4.69) is 22.3 Å². The number of non-ortho nitro benzene ring substituents is 1. The molecule has 164 valence electrons. The Morgan fingerprint density at radius 1 is 1.16 bits per heavy atom. The number of fused-ring (bicyclic) bond motifs is 5. The average Bonchev–Trinajstić information content (AvgIpc) is 3.28. The zero-order valence-corrected chi connectivity index (χ0v) is 18.5. The molecule has 0 aliphatic carbocycles. The predicted molar refractivity (Wildman–Crippen MR) is 127 cm³/mol. The highest BCUT2D eigenvalue weighted by atomic mass is 32.1. The molecule has 2 aromatic carbocycles. The smallest absolute Gasteiger partial charge is 0.271 e. The standard InChI is InChI=1S/C24H24N4O3S/c1-26-20-7-3-2-6-19(20)22-13-16(25-24(29)15-18-5-4-12-32-18)10-11-27(22)21-9-8-17(28(30)31)14-23(21)26/h2-9,12,14,16,22H,10-11,13,15H2,1H3,(H,25,29)/t16-,22+/m0/s1. The molecular formula is C24H24N4O3S. The van der Waals surface area contributed by atoms with Crippen molar-refractivity contribution >= 4 is 40.0 Å². The molecule has 1 aromatic heterocycles. The number of benzene rings is 2. The number of carbonyl (C=O) groups excluding carboxylic acids is 1. The third kappa shape index (κ3) is 3.71. The molecule has 0 saturated carbocycles. The van der Waals surface area contributed by atoms with E-state index < -0.39 is 0 Å². The summed E-state index contributed by atoms with van der Waals surface area (Å²) in [6.45, 7) is 0.765. The fourth-order valence-electron chi connectivity index (χ4n) is 4.87. The number of nitro benzene ring substituents is 1. The number of nitrogens with one attached hydrogen (secondary N) is 1. The molecule has 3 aromatic rings. The van der Waals surface area contributed by atoms with Gasteiger partial charge in [0.1, 0.15) is 0 Å². The Morgan fingerprint density at radius 3 is 2.78 bits per heavy atom. The van der Waals surface area contributed by atoms with Gasteiger partial charge in [-0.1, -0.05) is 24.3 Å². The van der Waals surface area contributed by atoms with E-state index in [9.17, 15) is 14.9 Å². The van der Waals surface area contributed by atoms with Crippen LogP contribution < -0.4 is 15.1 Å².